The summed E-state index contributed by atoms with van der Waals surface area (Å²) in [5.74, 6) is 1.27. The van der Waals surface area contributed by atoms with Crippen LogP contribution in [0.1, 0.15) is 58.3 Å². The third-order valence-corrected chi connectivity index (χ3v) is 7.75. The molecular weight excluding hydrogens is 340 g/mol. The van der Waals surface area contributed by atoms with Crippen LogP contribution in [0.2, 0.25) is 0 Å². The second-order valence-electron chi connectivity index (χ2n) is 9.55. The van der Waals surface area contributed by atoms with Crippen LogP contribution >= 0.6 is 0 Å². The number of allylic oxidation sites excluding steroid dienone is 1. The fourth-order valence-corrected chi connectivity index (χ4v) is 6.19. The molecule has 27 heavy (non-hydrogen) atoms. The minimum atomic E-state index is 0.0174. The fraction of sp³-hybridized carbons (Fsp3) is 0.818. The van der Waals surface area contributed by atoms with Gasteiger partial charge in [0.1, 0.15) is 12.0 Å². The fourth-order valence-electron chi connectivity index (χ4n) is 6.19. The van der Waals surface area contributed by atoms with Crippen LogP contribution in [0.15, 0.2) is 12.2 Å². The average molecular weight is 376 g/mol. The number of amides is 1. The Balaban J connectivity index is 1.28. The summed E-state index contributed by atoms with van der Waals surface area (Å²) in [6.45, 7) is 10.3. The third kappa shape index (κ3) is 3.67. The van der Waals surface area contributed by atoms with Crippen LogP contribution in [0.5, 0.6) is 0 Å². The van der Waals surface area contributed by atoms with Gasteiger partial charge in [-0.15, -0.1) is 0 Å². The number of nitrogens with two attached hydrogens (primary N) is 1. The predicted octanol–water partition coefficient (Wildman–Crippen LogP) is 1.88. The number of carbonyl (C=O) groups is 2. The predicted molar refractivity (Wildman–Crippen MR) is 103 cm³/mol. The second kappa shape index (κ2) is 7.57. The average Bonchev–Trinajstić information content (AvgIpc) is 3.15. The van der Waals surface area contributed by atoms with E-state index < -0.39 is 0 Å². The molecule has 0 bridgehead atoms. The zero-order valence-corrected chi connectivity index (χ0v) is 16.8. The standard InChI is InChI=1S/C22H34N2O3/c1-15-6-3-8-22(2)13-19-16(12-18(15)22)17(21(26)27-19)14-23-9-5-11-24-10-4-7-20(24)25/h16-19,23H,1,3-14H2,2H3/p+1/t16-,17-,18+,19-,22-/m1/s1. The van der Waals surface area contributed by atoms with E-state index in [1.165, 1.54) is 18.4 Å². The zero-order valence-electron chi connectivity index (χ0n) is 16.8. The maximum atomic E-state index is 12.5. The van der Waals surface area contributed by atoms with Gasteiger partial charge < -0.3 is 15.0 Å². The lowest BCUT2D eigenvalue weighted by molar-refractivity contribution is -0.659. The number of fused-ring (bicyclic) bond motifs is 2. The molecule has 5 heteroatoms. The molecule has 4 rings (SSSR count). The molecule has 4 aliphatic rings. The molecule has 4 fully saturated rings. The van der Waals surface area contributed by atoms with Crippen LogP contribution in [-0.2, 0) is 14.3 Å². The molecule has 0 spiro atoms. The van der Waals surface area contributed by atoms with Gasteiger partial charge in [0.05, 0.1) is 13.1 Å². The number of rotatable bonds is 6. The van der Waals surface area contributed by atoms with Gasteiger partial charge in [-0.25, -0.2) is 0 Å². The molecular formula is C22H35N2O3+. The van der Waals surface area contributed by atoms with Crippen molar-refractivity contribution in [2.24, 2.45) is 23.2 Å². The number of hydrogen-bond donors (Lipinski definition) is 1. The van der Waals surface area contributed by atoms with Gasteiger partial charge in [-0.05, 0) is 49.9 Å². The third-order valence-electron chi connectivity index (χ3n) is 7.75. The van der Waals surface area contributed by atoms with E-state index in [0.717, 1.165) is 58.3 Å². The molecule has 0 aromatic carbocycles. The lowest BCUT2D eigenvalue weighted by Crippen LogP contribution is -2.86. The normalized spacial score (nSPS) is 38.7. The first-order chi connectivity index (χ1) is 13.0. The molecule has 2 N–H and O–H groups in total. The number of ether oxygens (including phenoxy) is 1. The lowest BCUT2D eigenvalue weighted by Gasteiger charge is -2.49. The first-order valence-electron chi connectivity index (χ1n) is 11.0. The van der Waals surface area contributed by atoms with Crippen molar-refractivity contribution in [2.45, 2.75) is 64.4 Å². The maximum absolute atomic E-state index is 12.5. The number of likely N-dealkylation sites (tertiary alicyclic amines) is 1. The molecule has 5 atom stereocenters. The number of hydrogen-bond acceptors (Lipinski definition) is 3. The van der Waals surface area contributed by atoms with Crippen molar-refractivity contribution in [3.8, 4) is 0 Å². The summed E-state index contributed by atoms with van der Waals surface area (Å²) in [6, 6.07) is 0. The smallest absolute Gasteiger partial charge is 0.315 e. The summed E-state index contributed by atoms with van der Waals surface area (Å²) < 4.78 is 5.84. The van der Waals surface area contributed by atoms with Crippen LogP contribution in [-0.4, -0.2) is 49.1 Å². The SMILES string of the molecule is C=C1CCC[C@]2(C)C[C@H]3OC(=O)[C@H](C[NH2+]CCCN4CCCC4=O)[C@H]3C[C@@H]12. The van der Waals surface area contributed by atoms with Crippen LogP contribution in [0, 0.1) is 23.2 Å². The van der Waals surface area contributed by atoms with Gasteiger partial charge in [0.15, 0.2) is 0 Å². The van der Waals surface area contributed by atoms with Crippen LogP contribution in [0.3, 0.4) is 0 Å². The van der Waals surface area contributed by atoms with Crippen molar-refractivity contribution in [3.05, 3.63) is 12.2 Å². The Morgan fingerprint density at radius 2 is 2.15 bits per heavy atom. The molecule has 150 valence electrons. The van der Waals surface area contributed by atoms with E-state index in [2.05, 4.69) is 18.8 Å². The van der Waals surface area contributed by atoms with E-state index in [0.29, 0.717) is 24.2 Å². The maximum Gasteiger partial charge on any atom is 0.315 e. The molecule has 0 aromatic rings. The number of quaternary nitrogens is 1. The van der Waals surface area contributed by atoms with E-state index in [-0.39, 0.29) is 23.4 Å². The van der Waals surface area contributed by atoms with E-state index in [1.54, 1.807) is 0 Å². The summed E-state index contributed by atoms with van der Waals surface area (Å²) in [4.78, 5) is 26.2. The van der Waals surface area contributed by atoms with Crippen molar-refractivity contribution in [1.82, 2.24) is 4.90 Å². The van der Waals surface area contributed by atoms with E-state index >= 15 is 0 Å². The van der Waals surface area contributed by atoms with Crippen molar-refractivity contribution in [3.63, 3.8) is 0 Å². The van der Waals surface area contributed by atoms with Gasteiger partial charge in [0.2, 0.25) is 5.91 Å². The summed E-state index contributed by atoms with van der Waals surface area (Å²) in [5.41, 5.74) is 1.68. The highest BCUT2D eigenvalue weighted by atomic mass is 16.6. The van der Waals surface area contributed by atoms with Gasteiger partial charge in [0, 0.05) is 31.8 Å². The van der Waals surface area contributed by atoms with Crippen LogP contribution in [0.25, 0.3) is 0 Å². The Hall–Kier alpha value is -1.36. The van der Waals surface area contributed by atoms with Crippen molar-refractivity contribution < 1.29 is 19.6 Å². The molecule has 2 saturated heterocycles. The van der Waals surface area contributed by atoms with Gasteiger partial charge in [-0.3, -0.25) is 9.59 Å². The Labute approximate surface area is 162 Å². The largest absolute Gasteiger partial charge is 0.462 e. The summed E-state index contributed by atoms with van der Waals surface area (Å²) in [6.07, 6.45) is 8.55. The molecule has 2 heterocycles. The molecule has 1 amide bonds. The molecule has 0 unspecified atom stereocenters. The van der Waals surface area contributed by atoms with E-state index in [4.69, 9.17) is 4.74 Å². The van der Waals surface area contributed by atoms with E-state index in [1.807, 2.05) is 4.90 Å². The minimum Gasteiger partial charge on any atom is -0.462 e. The molecule has 2 aliphatic heterocycles. The van der Waals surface area contributed by atoms with E-state index in [9.17, 15) is 9.59 Å². The first-order valence-corrected chi connectivity index (χ1v) is 11.0. The second-order valence-corrected chi connectivity index (χ2v) is 9.55. The number of esters is 1. The van der Waals surface area contributed by atoms with Crippen molar-refractivity contribution >= 4 is 11.9 Å². The van der Waals surface area contributed by atoms with Crippen LogP contribution < -0.4 is 5.32 Å². The van der Waals surface area contributed by atoms with Crippen LogP contribution in [0.4, 0.5) is 0 Å². The van der Waals surface area contributed by atoms with Gasteiger partial charge in [-0.1, -0.05) is 19.1 Å². The number of nitrogens with zero attached hydrogens (tertiary/aromatic N) is 1. The highest BCUT2D eigenvalue weighted by Gasteiger charge is 2.55. The quantitative estimate of drug-likeness (QED) is 0.438. The Bertz CT molecular complexity index is 619. The lowest BCUT2D eigenvalue weighted by atomic mass is 9.55. The van der Waals surface area contributed by atoms with Crippen molar-refractivity contribution in [1.29, 1.82) is 0 Å². The monoisotopic (exact) mass is 375 g/mol. The summed E-state index contributed by atoms with van der Waals surface area (Å²) >= 11 is 0. The first kappa shape index (κ1) is 19.0. The topological polar surface area (TPSA) is 63.2 Å². The summed E-state index contributed by atoms with van der Waals surface area (Å²) in [5, 5.41) is 2.26. The summed E-state index contributed by atoms with van der Waals surface area (Å²) in [7, 11) is 0. The minimum absolute atomic E-state index is 0.0174. The highest BCUT2D eigenvalue weighted by molar-refractivity contribution is 5.78. The van der Waals surface area contributed by atoms with Crippen molar-refractivity contribution in [2.75, 3.05) is 26.2 Å². The molecule has 5 nitrogen and oxygen atoms in total. The zero-order chi connectivity index (χ0) is 19.0. The highest BCUT2D eigenvalue weighted by Crippen LogP contribution is 2.56. The molecule has 0 radical (unpaired) electrons. The molecule has 2 aliphatic carbocycles. The molecule has 2 saturated carbocycles. The Morgan fingerprint density at radius 1 is 1.30 bits per heavy atom. The molecule has 0 aromatic heterocycles. The van der Waals surface area contributed by atoms with Gasteiger partial charge >= 0.3 is 5.97 Å². The number of carbonyl (C=O) groups excluding carboxylic acids is 2. The Morgan fingerprint density at radius 3 is 2.93 bits per heavy atom. The van der Waals surface area contributed by atoms with Gasteiger partial charge in [-0.2, -0.15) is 0 Å². The Kier molecular flexibility index (Phi) is 5.32. The van der Waals surface area contributed by atoms with Gasteiger partial charge in [0.25, 0.3) is 0 Å².